The summed E-state index contributed by atoms with van der Waals surface area (Å²) in [6, 6.07) is 9.37. The normalized spacial score (nSPS) is 30.4. The molecule has 1 aromatic carbocycles. The van der Waals surface area contributed by atoms with Crippen LogP contribution in [0.25, 0.3) is 0 Å². The number of thioether (sulfide) groups is 1. The Bertz CT molecular complexity index is 901. The number of benzene rings is 1. The van der Waals surface area contributed by atoms with Crippen molar-refractivity contribution in [3.05, 3.63) is 35.9 Å². The van der Waals surface area contributed by atoms with Crippen LogP contribution in [0.2, 0.25) is 0 Å². The first-order chi connectivity index (χ1) is 15.1. The number of likely N-dealkylation sites (N-methyl/N-ethyl adjacent to an activating group) is 1. The van der Waals surface area contributed by atoms with Crippen molar-refractivity contribution < 1.29 is 24.6 Å². The van der Waals surface area contributed by atoms with Gasteiger partial charge < -0.3 is 20.0 Å². The summed E-state index contributed by atoms with van der Waals surface area (Å²) in [5.41, 5.74) is -0.621. The van der Waals surface area contributed by atoms with Crippen LogP contribution in [0, 0.1) is 5.92 Å². The number of hydrogen-bond acceptors (Lipinski definition) is 5. The Morgan fingerprint density at radius 3 is 2.41 bits per heavy atom. The average molecular weight is 461 g/mol. The van der Waals surface area contributed by atoms with Gasteiger partial charge in [-0.05, 0) is 32.3 Å². The third-order valence-corrected chi connectivity index (χ3v) is 9.30. The predicted octanol–water partition coefficient (Wildman–Crippen LogP) is 2.51. The van der Waals surface area contributed by atoms with Crippen LogP contribution in [-0.2, 0) is 20.8 Å². The molecule has 1 saturated carbocycles. The summed E-state index contributed by atoms with van der Waals surface area (Å²) >= 11 is 1.37. The van der Waals surface area contributed by atoms with Crippen molar-refractivity contribution >= 4 is 29.5 Å². The zero-order valence-electron chi connectivity index (χ0n) is 18.9. The van der Waals surface area contributed by atoms with Gasteiger partial charge in [-0.25, -0.2) is 4.79 Å². The van der Waals surface area contributed by atoms with Gasteiger partial charge in [-0.2, -0.15) is 0 Å². The molecule has 0 radical (unpaired) electrons. The Labute approximate surface area is 193 Å². The zero-order valence-corrected chi connectivity index (χ0v) is 19.7. The Morgan fingerprint density at radius 2 is 1.81 bits per heavy atom. The standard InChI is InChI=1S/C24H32N2O5S/c1-23(2)24(22(30)31,14-15-10-6-4-7-11-15)26-19(28)17(21(26)32-23)18(27)20(29)25(3)16-12-8-5-9-13-16/h4,6-7,10-11,16-18,21,27H,5,8-9,12-14H2,1-3H3,(H,30,31)/t17-,18+,21-,24+/m1/s1. The van der Waals surface area contributed by atoms with Crippen molar-refractivity contribution in [1.82, 2.24) is 9.80 Å². The lowest BCUT2D eigenvalue weighted by Gasteiger charge is -2.51. The van der Waals surface area contributed by atoms with Crippen molar-refractivity contribution in [2.24, 2.45) is 5.92 Å². The van der Waals surface area contributed by atoms with Crippen molar-refractivity contribution in [2.45, 2.75) is 80.2 Å². The molecule has 8 heteroatoms. The van der Waals surface area contributed by atoms with Crippen molar-refractivity contribution in [3.8, 4) is 0 Å². The molecule has 2 heterocycles. The minimum Gasteiger partial charge on any atom is -0.479 e. The van der Waals surface area contributed by atoms with E-state index in [-0.39, 0.29) is 12.5 Å². The van der Waals surface area contributed by atoms with Gasteiger partial charge in [0.15, 0.2) is 5.54 Å². The number of rotatable bonds is 6. The molecular weight excluding hydrogens is 428 g/mol. The molecule has 4 atom stereocenters. The van der Waals surface area contributed by atoms with Crippen molar-refractivity contribution in [1.29, 1.82) is 0 Å². The maximum Gasteiger partial charge on any atom is 0.331 e. The monoisotopic (exact) mass is 460 g/mol. The van der Waals surface area contributed by atoms with Crippen molar-refractivity contribution in [3.63, 3.8) is 0 Å². The summed E-state index contributed by atoms with van der Waals surface area (Å²) in [6.45, 7) is 3.67. The van der Waals surface area contributed by atoms with Gasteiger partial charge in [0, 0.05) is 24.3 Å². The van der Waals surface area contributed by atoms with E-state index in [0.29, 0.717) is 0 Å². The second-order valence-corrected chi connectivity index (χ2v) is 11.5. The third-order valence-electron chi connectivity index (χ3n) is 7.63. The van der Waals surface area contributed by atoms with Gasteiger partial charge in [0.05, 0.1) is 5.37 Å². The fraction of sp³-hybridized carbons (Fsp3) is 0.625. The molecule has 3 fully saturated rings. The number of aliphatic carboxylic acids is 1. The fourth-order valence-electron chi connectivity index (χ4n) is 5.63. The molecule has 0 spiro atoms. The van der Waals surface area contributed by atoms with Crippen molar-refractivity contribution in [2.75, 3.05) is 7.05 Å². The molecule has 0 unspecified atom stereocenters. The highest BCUT2D eigenvalue weighted by Gasteiger charge is 2.73. The Balaban J connectivity index is 1.58. The molecule has 2 aliphatic heterocycles. The first kappa shape index (κ1) is 23.1. The van der Waals surface area contributed by atoms with Gasteiger partial charge in [0.1, 0.15) is 12.0 Å². The number of hydrogen-bond donors (Lipinski definition) is 2. The molecule has 1 aromatic rings. The van der Waals surface area contributed by atoms with Gasteiger partial charge in [0.2, 0.25) is 5.91 Å². The van der Waals surface area contributed by atoms with E-state index in [0.717, 1.165) is 37.7 Å². The van der Waals surface area contributed by atoms with Crippen LogP contribution in [0.1, 0.15) is 51.5 Å². The Kier molecular flexibility index (Phi) is 6.05. The number of aliphatic hydroxyl groups is 1. The summed E-state index contributed by atoms with van der Waals surface area (Å²) in [5, 5.41) is 20.7. The van der Waals surface area contributed by atoms with E-state index in [9.17, 15) is 24.6 Å². The number of carboxylic acid groups (broad SMARTS) is 1. The summed E-state index contributed by atoms with van der Waals surface area (Å²) < 4.78 is -0.804. The highest BCUT2D eigenvalue weighted by Crippen LogP contribution is 2.60. The second-order valence-electron chi connectivity index (χ2n) is 9.77. The van der Waals surface area contributed by atoms with Crippen LogP contribution in [0.4, 0.5) is 0 Å². The second kappa shape index (κ2) is 8.37. The van der Waals surface area contributed by atoms with Crippen LogP contribution in [0.3, 0.4) is 0 Å². The van der Waals surface area contributed by atoms with E-state index in [1.807, 2.05) is 44.2 Å². The lowest BCUT2D eigenvalue weighted by atomic mass is 9.74. The number of amides is 2. The molecule has 174 valence electrons. The maximum atomic E-state index is 13.3. The molecule has 0 aromatic heterocycles. The highest BCUT2D eigenvalue weighted by molar-refractivity contribution is 8.01. The smallest absolute Gasteiger partial charge is 0.331 e. The van der Waals surface area contributed by atoms with E-state index in [2.05, 4.69) is 0 Å². The largest absolute Gasteiger partial charge is 0.479 e. The zero-order chi connectivity index (χ0) is 23.3. The third kappa shape index (κ3) is 3.43. The SMILES string of the molecule is CN(C(=O)[C@@H](O)[C@@H]1C(=O)N2[C@@H]1SC(C)(C)[C@]2(Cc1ccccc1)C(=O)O)C1CCCCC1. The van der Waals surface area contributed by atoms with Gasteiger partial charge in [0.25, 0.3) is 5.91 Å². The summed E-state index contributed by atoms with van der Waals surface area (Å²) in [7, 11) is 1.70. The summed E-state index contributed by atoms with van der Waals surface area (Å²) in [6.07, 6.45) is 3.80. The minimum absolute atomic E-state index is 0.0843. The predicted molar refractivity (Wildman–Crippen MR) is 122 cm³/mol. The van der Waals surface area contributed by atoms with E-state index in [1.165, 1.54) is 16.7 Å². The van der Waals surface area contributed by atoms with Crippen LogP contribution in [0.15, 0.2) is 30.3 Å². The first-order valence-electron chi connectivity index (χ1n) is 11.3. The molecule has 2 saturated heterocycles. The molecule has 2 N–H and O–H groups in total. The molecular formula is C24H32N2O5S. The summed E-state index contributed by atoms with van der Waals surface area (Å²) in [4.78, 5) is 42.0. The number of fused-ring (bicyclic) bond motifs is 1. The van der Waals surface area contributed by atoms with Crippen LogP contribution in [-0.4, -0.2) is 72.6 Å². The number of carbonyl (C=O) groups is 3. The molecule has 2 amide bonds. The number of carboxylic acids is 1. The summed E-state index contributed by atoms with van der Waals surface area (Å²) in [5.74, 6) is -2.88. The minimum atomic E-state index is -1.46. The lowest BCUT2D eigenvalue weighted by molar-refractivity contribution is -0.183. The molecule has 4 rings (SSSR count). The number of carbonyl (C=O) groups excluding carboxylic acids is 2. The van der Waals surface area contributed by atoms with Gasteiger partial charge in [-0.1, -0.05) is 49.6 Å². The van der Waals surface area contributed by atoms with E-state index < -0.39 is 45.5 Å². The first-order valence-corrected chi connectivity index (χ1v) is 12.2. The Morgan fingerprint density at radius 1 is 1.19 bits per heavy atom. The quantitative estimate of drug-likeness (QED) is 0.633. The number of β-lactam (4-membered cyclic amide) rings is 1. The fourth-order valence-corrected chi connectivity index (χ4v) is 7.49. The van der Waals surface area contributed by atoms with Crippen LogP contribution < -0.4 is 0 Å². The molecule has 32 heavy (non-hydrogen) atoms. The lowest BCUT2D eigenvalue weighted by Crippen LogP contribution is -2.73. The number of aliphatic hydroxyl groups excluding tert-OH is 1. The van der Waals surface area contributed by atoms with Gasteiger partial charge in [-0.15, -0.1) is 11.8 Å². The Hall–Kier alpha value is -2.06. The average Bonchev–Trinajstić information content (AvgIpc) is 2.98. The van der Waals surface area contributed by atoms with E-state index >= 15 is 0 Å². The van der Waals surface area contributed by atoms with E-state index in [4.69, 9.17) is 0 Å². The van der Waals surface area contributed by atoms with Crippen LogP contribution >= 0.6 is 11.8 Å². The molecule has 3 aliphatic rings. The number of nitrogens with zero attached hydrogens (tertiary/aromatic N) is 2. The van der Waals surface area contributed by atoms with Crippen LogP contribution in [0.5, 0.6) is 0 Å². The molecule has 0 bridgehead atoms. The van der Waals surface area contributed by atoms with E-state index in [1.54, 1.807) is 11.9 Å². The highest BCUT2D eigenvalue weighted by atomic mass is 32.2. The molecule has 7 nitrogen and oxygen atoms in total. The van der Waals surface area contributed by atoms with Gasteiger partial charge in [-0.3, -0.25) is 9.59 Å². The van der Waals surface area contributed by atoms with Gasteiger partial charge >= 0.3 is 5.97 Å². The maximum absolute atomic E-state index is 13.3. The topological polar surface area (TPSA) is 98.2 Å². The molecule has 1 aliphatic carbocycles.